The fourth-order valence-corrected chi connectivity index (χ4v) is 6.78. The van der Waals surface area contributed by atoms with Gasteiger partial charge in [-0.15, -0.1) is 0 Å². The zero-order valence-corrected chi connectivity index (χ0v) is 29.0. The quantitative estimate of drug-likeness (QED) is 0.119. The van der Waals surface area contributed by atoms with Crippen LogP contribution in [0.15, 0.2) is 182 Å². The van der Waals surface area contributed by atoms with Crippen molar-refractivity contribution in [3.63, 3.8) is 0 Å². The summed E-state index contributed by atoms with van der Waals surface area (Å²) in [4.78, 5) is 0. The molecule has 0 aliphatic carbocycles. The van der Waals surface area contributed by atoms with E-state index in [1.54, 1.807) is 0 Å². The molecular weight excluding hydrogens is 703 g/mol. The molecule has 0 saturated heterocycles. The first-order chi connectivity index (χ1) is 20.8. The third kappa shape index (κ3) is 15.4. The molecule has 0 bridgehead atoms. The standard InChI is InChI=1S/3C12H11P.2ClH.Pd/c3*1-3-7-11(8-4-1)13-12-9-5-2-6-10-12;;;/h3*1-10,13H;2*1H;/q;;;;;+2/p-2. The van der Waals surface area contributed by atoms with Crippen molar-refractivity contribution in [1.82, 2.24) is 0 Å². The van der Waals surface area contributed by atoms with Crippen LogP contribution in [0.2, 0.25) is 0 Å². The molecule has 0 heterocycles. The Bertz CT molecular complexity index is 1170. The Morgan fingerprint density at radius 3 is 0.500 bits per heavy atom. The van der Waals surface area contributed by atoms with Gasteiger partial charge in [0.05, 0.1) is 0 Å². The number of benzene rings is 6. The molecule has 216 valence electrons. The molecule has 0 radical (unpaired) electrons. The Balaban J connectivity index is 0.000000165. The fraction of sp³-hybridized carbons (Fsp3) is 0. The molecule has 0 spiro atoms. The van der Waals surface area contributed by atoms with Crippen molar-refractivity contribution in [2.75, 3.05) is 0 Å². The second-order valence-electron chi connectivity index (χ2n) is 8.62. The number of rotatable bonds is 6. The molecule has 6 heteroatoms. The molecule has 0 amide bonds. The van der Waals surface area contributed by atoms with E-state index in [4.69, 9.17) is 19.1 Å². The summed E-state index contributed by atoms with van der Waals surface area (Å²) in [5, 5.41) is 8.38. The summed E-state index contributed by atoms with van der Waals surface area (Å²) in [6, 6.07) is 63.5. The molecule has 0 unspecified atom stereocenters. The molecule has 0 aliphatic rings. The van der Waals surface area contributed by atoms with E-state index in [1.807, 2.05) is 0 Å². The van der Waals surface area contributed by atoms with E-state index in [2.05, 4.69) is 182 Å². The molecule has 0 fully saturated rings. The maximum absolute atomic E-state index is 4.81. The van der Waals surface area contributed by atoms with Crippen molar-refractivity contribution in [1.29, 1.82) is 0 Å². The van der Waals surface area contributed by atoms with Crippen molar-refractivity contribution in [3.8, 4) is 0 Å². The Hall–Kier alpha value is -2.15. The van der Waals surface area contributed by atoms with Crippen molar-refractivity contribution < 1.29 is 15.9 Å². The zero-order chi connectivity index (χ0) is 29.5. The summed E-state index contributed by atoms with van der Waals surface area (Å²) in [6.07, 6.45) is 0. The first-order valence-corrected chi connectivity index (χ1v) is 20.2. The number of hydrogen-bond acceptors (Lipinski definition) is 0. The predicted octanol–water partition coefficient (Wildman–Crippen LogP) is 8.32. The molecule has 6 rings (SSSR count). The zero-order valence-electron chi connectivity index (χ0n) is 22.9. The summed E-state index contributed by atoms with van der Waals surface area (Å²) in [5.74, 6) is 0. The van der Waals surface area contributed by atoms with E-state index in [0.29, 0.717) is 0 Å². The van der Waals surface area contributed by atoms with Crippen molar-refractivity contribution in [2.45, 2.75) is 0 Å². The largest absolute Gasteiger partial charge is 0.0622 e. The van der Waals surface area contributed by atoms with Gasteiger partial charge in [-0.25, -0.2) is 0 Å². The van der Waals surface area contributed by atoms with E-state index in [1.165, 1.54) is 31.8 Å². The van der Waals surface area contributed by atoms with Gasteiger partial charge >= 0.3 is 35.0 Å². The van der Waals surface area contributed by atoms with E-state index in [-0.39, 0.29) is 15.9 Å². The van der Waals surface area contributed by atoms with Crippen LogP contribution in [0.25, 0.3) is 0 Å². The van der Waals surface area contributed by atoms with Gasteiger partial charge in [0.1, 0.15) is 0 Å². The van der Waals surface area contributed by atoms with Gasteiger partial charge in [0.2, 0.25) is 0 Å². The van der Waals surface area contributed by atoms with Gasteiger partial charge in [0, 0.05) is 0 Å². The summed E-state index contributed by atoms with van der Waals surface area (Å²) in [5.41, 5.74) is 0. The monoisotopic (exact) mass is 734 g/mol. The SMILES string of the molecule is [Cl][Pd][Cl].c1ccc(Pc2ccccc2)cc1.c1ccc(Pc2ccccc2)cc1.c1ccc(Pc2ccccc2)cc1. The van der Waals surface area contributed by atoms with Gasteiger partial charge in [-0.3, -0.25) is 0 Å². The summed E-state index contributed by atoms with van der Waals surface area (Å²) in [6.45, 7) is 0. The van der Waals surface area contributed by atoms with Crippen LogP contribution in [0.4, 0.5) is 0 Å². The third-order valence-electron chi connectivity index (χ3n) is 5.51. The second kappa shape index (κ2) is 22.4. The smallest absolute Gasteiger partial charge is 0.0226 e. The van der Waals surface area contributed by atoms with Crippen LogP contribution < -0.4 is 31.8 Å². The first-order valence-electron chi connectivity index (χ1n) is 13.2. The van der Waals surface area contributed by atoms with Gasteiger partial charge in [0.25, 0.3) is 0 Å². The van der Waals surface area contributed by atoms with E-state index in [9.17, 15) is 0 Å². The van der Waals surface area contributed by atoms with E-state index >= 15 is 0 Å². The molecule has 42 heavy (non-hydrogen) atoms. The molecule has 0 nitrogen and oxygen atoms in total. The summed E-state index contributed by atoms with van der Waals surface area (Å²) in [7, 11) is 12.0. The molecule has 0 aromatic heterocycles. The van der Waals surface area contributed by atoms with Crippen LogP contribution in [0, 0.1) is 0 Å². The van der Waals surface area contributed by atoms with Gasteiger partial charge < -0.3 is 0 Å². The van der Waals surface area contributed by atoms with Crippen molar-refractivity contribution in [3.05, 3.63) is 182 Å². The van der Waals surface area contributed by atoms with Gasteiger partial charge in [0.15, 0.2) is 0 Å². The number of hydrogen-bond donors (Lipinski definition) is 0. The number of halogens is 2. The van der Waals surface area contributed by atoms with Crippen molar-refractivity contribution in [2.24, 2.45) is 0 Å². The van der Waals surface area contributed by atoms with Crippen LogP contribution >= 0.6 is 44.8 Å². The van der Waals surface area contributed by atoms with Crippen LogP contribution in [0.3, 0.4) is 0 Å². The van der Waals surface area contributed by atoms with Crippen LogP contribution in [-0.4, -0.2) is 0 Å². The average molecular weight is 736 g/mol. The predicted molar refractivity (Wildman–Crippen MR) is 193 cm³/mol. The minimum absolute atomic E-state index is 0.106. The molecule has 0 aliphatic heterocycles. The second-order valence-corrected chi connectivity index (χ2v) is 15.2. The molecule has 0 saturated carbocycles. The van der Waals surface area contributed by atoms with E-state index in [0.717, 1.165) is 25.7 Å². The maximum atomic E-state index is 4.81. The molecular formula is C36H33Cl2P3Pd. The Kier molecular flexibility index (Phi) is 18.3. The van der Waals surface area contributed by atoms with Gasteiger partial charge in [-0.2, -0.15) is 0 Å². The Morgan fingerprint density at radius 2 is 0.381 bits per heavy atom. The van der Waals surface area contributed by atoms with E-state index < -0.39 is 0 Å². The maximum Gasteiger partial charge on any atom is -0.0226 e. The first kappa shape index (κ1) is 34.3. The summed E-state index contributed by atoms with van der Waals surface area (Å²) >= 11 is -0.106. The third-order valence-corrected chi connectivity index (χ3v) is 9.24. The average Bonchev–Trinajstić information content (AvgIpc) is 3.05. The Labute approximate surface area is 272 Å². The summed E-state index contributed by atoms with van der Waals surface area (Å²) < 4.78 is 0. The van der Waals surface area contributed by atoms with Gasteiger partial charge in [-0.05, 0) is 31.8 Å². The van der Waals surface area contributed by atoms with Crippen LogP contribution in [-0.2, 0) is 15.9 Å². The topological polar surface area (TPSA) is 0 Å². The molecule has 6 aromatic rings. The normalized spacial score (nSPS) is 9.67. The molecule has 0 N–H and O–H groups in total. The van der Waals surface area contributed by atoms with Gasteiger partial charge in [-0.1, -0.05) is 208 Å². The molecule has 0 atom stereocenters. The fourth-order valence-electron chi connectivity index (χ4n) is 3.63. The minimum Gasteiger partial charge on any atom is -0.0622 e. The van der Waals surface area contributed by atoms with Crippen LogP contribution in [0.5, 0.6) is 0 Å². The minimum atomic E-state index is -0.106. The van der Waals surface area contributed by atoms with Crippen molar-refractivity contribution >= 4 is 76.6 Å². The molecule has 6 aromatic carbocycles. The van der Waals surface area contributed by atoms with Crippen LogP contribution in [0.1, 0.15) is 0 Å². The Morgan fingerprint density at radius 1 is 0.262 bits per heavy atom.